The smallest absolute Gasteiger partial charge is 0.221 e. The molecule has 2 rings (SSSR count). The summed E-state index contributed by atoms with van der Waals surface area (Å²) in [7, 11) is 0. The first kappa shape index (κ1) is 11.1. The Morgan fingerprint density at radius 2 is 2.50 bits per heavy atom. The van der Waals surface area contributed by atoms with Gasteiger partial charge in [0, 0.05) is 25.9 Å². The van der Waals surface area contributed by atoms with Crippen LogP contribution in [0.5, 0.6) is 0 Å². The summed E-state index contributed by atoms with van der Waals surface area (Å²) in [5, 5.41) is 0. The van der Waals surface area contributed by atoms with Crippen molar-refractivity contribution in [3.8, 4) is 0 Å². The molecule has 88 valence electrons. The zero-order chi connectivity index (χ0) is 11.4. The van der Waals surface area contributed by atoms with Crippen molar-refractivity contribution in [3.63, 3.8) is 0 Å². The minimum atomic E-state index is 0.322. The molecule has 1 atom stereocenters. The van der Waals surface area contributed by atoms with Gasteiger partial charge in [-0.15, -0.1) is 0 Å². The standard InChI is InChI=1S/C11H18N4O/c1-2-15(8-9-4-3-7-16-9)10-5-6-13-11(12)14-10/h5-6,9H,2-4,7-8H2,1H3,(H2,12,13,14). The number of hydrogen-bond acceptors (Lipinski definition) is 5. The molecule has 0 aromatic carbocycles. The van der Waals surface area contributed by atoms with E-state index >= 15 is 0 Å². The number of nitrogens with two attached hydrogens (primary N) is 1. The molecule has 1 saturated heterocycles. The monoisotopic (exact) mass is 222 g/mol. The molecule has 1 aliphatic rings. The molecule has 1 aromatic heterocycles. The molecule has 2 heterocycles. The second-order valence-corrected chi connectivity index (χ2v) is 3.95. The molecule has 1 aliphatic heterocycles. The van der Waals surface area contributed by atoms with E-state index in [1.54, 1.807) is 6.20 Å². The molecule has 16 heavy (non-hydrogen) atoms. The molecule has 1 unspecified atom stereocenters. The first-order chi connectivity index (χ1) is 7.79. The van der Waals surface area contributed by atoms with Crippen LogP contribution in [0.4, 0.5) is 11.8 Å². The van der Waals surface area contributed by atoms with Gasteiger partial charge in [0.1, 0.15) is 5.82 Å². The summed E-state index contributed by atoms with van der Waals surface area (Å²) in [5.41, 5.74) is 5.58. The summed E-state index contributed by atoms with van der Waals surface area (Å²) >= 11 is 0. The summed E-state index contributed by atoms with van der Waals surface area (Å²) in [6, 6.07) is 1.88. The van der Waals surface area contributed by atoms with Crippen LogP contribution in [0.25, 0.3) is 0 Å². The molecule has 0 spiro atoms. The van der Waals surface area contributed by atoms with Crippen LogP contribution in [0.15, 0.2) is 12.3 Å². The van der Waals surface area contributed by atoms with Gasteiger partial charge in [0.15, 0.2) is 0 Å². The molecule has 0 aliphatic carbocycles. The fourth-order valence-electron chi connectivity index (χ4n) is 1.96. The van der Waals surface area contributed by atoms with Crippen molar-refractivity contribution in [2.24, 2.45) is 0 Å². The van der Waals surface area contributed by atoms with Crippen LogP contribution in [0.1, 0.15) is 19.8 Å². The molecule has 1 aromatic rings. The highest BCUT2D eigenvalue weighted by atomic mass is 16.5. The number of aromatic nitrogens is 2. The van der Waals surface area contributed by atoms with Crippen LogP contribution in [0.3, 0.4) is 0 Å². The van der Waals surface area contributed by atoms with Gasteiger partial charge in [-0.2, -0.15) is 4.98 Å². The zero-order valence-electron chi connectivity index (χ0n) is 9.59. The molecule has 1 fully saturated rings. The summed E-state index contributed by atoms with van der Waals surface area (Å²) in [4.78, 5) is 10.3. The number of nitrogen functional groups attached to an aromatic ring is 1. The van der Waals surface area contributed by atoms with Crippen molar-refractivity contribution in [2.45, 2.75) is 25.9 Å². The Bertz CT molecular complexity index is 339. The normalized spacial score (nSPS) is 19.9. The maximum Gasteiger partial charge on any atom is 0.221 e. The quantitative estimate of drug-likeness (QED) is 0.825. The molecule has 5 nitrogen and oxygen atoms in total. The summed E-state index contributed by atoms with van der Waals surface area (Å²) in [6.45, 7) is 4.77. The first-order valence-corrected chi connectivity index (χ1v) is 5.74. The third-order valence-corrected chi connectivity index (χ3v) is 2.81. The Balaban J connectivity index is 2.03. The van der Waals surface area contributed by atoms with E-state index in [1.165, 1.54) is 0 Å². The van der Waals surface area contributed by atoms with Crippen molar-refractivity contribution in [1.82, 2.24) is 9.97 Å². The van der Waals surface area contributed by atoms with Gasteiger partial charge in [0.25, 0.3) is 0 Å². The van der Waals surface area contributed by atoms with E-state index in [2.05, 4.69) is 21.8 Å². The summed E-state index contributed by atoms with van der Waals surface area (Å²) in [5.74, 6) is 1.20. The highest BCUT2D eigenvalue weighted by molar-refractivity contribution is 5.40. The number of nitrogens with zero attached hydrogens (tertiary/aromatic N) is 3. The van der Waals surface area contributed by atoms with Crippen LogP contribution in [0, 0.1) is 0 Å². The van der Waals surface area contributed by atoms with Crippen molar-refractivity contribution in [3.05, 3.63) is 12.3 Å². The van der Waals surface area contributed by atoms with Crippen LogP contribution in [-0.4, -0.2) is 35.8 Å². The number of ether oxygens (including phenoxy) is 1. The van der Waals surface area contributed by atoms with E-state index in [4.69, 9.17) is 10.5 Å². The van der Waals surface area contributed by atoms with Crippen LogP contribution in [-0.2, 0) is 4.74 Å². The summed E-state index contributed by atoms with van der Waals surface area (Å²) < 4.78 is 5.62. The lowest BCUT2D eigenvalue weighted by atomic mass is 10.2. The van der Waals surface area contributed by atoms with Gasteiger partial charge in [-0.1, -0.05) is 0 Å². The first-order valence-electron chi connectivity index (χ1n) is 5.74. The van der Waals surface area contributed by atoms with Crippen molar-refractivity contribution < 1.29 is 4.74 Å². The van der Waals surface area contributed by atoms with Gasteiger partial charge >= 0.3 is 0 Å². The Hall–Kier alpha value is -1.36. The average molecular weight is 222 g/mol. The second kappa shape index (κ2) is 5.12. The lowest BCUT2D eigenvalue weighted by Gasteiger charge is -2.24. The average Bonchev–Trinajstić information content (AvgIpc) is 2.78. The number of anilines is 2. The number of rotatable bonds is 4. The minimum absolute atomic E-state index is 0.322. The third kappa shape index (κ3) is 2.61. The third-order valence-electron chi connectivity index (χ3n) is 2.81. The SMILES string of the molecule is CCN(CC1CCCO1)c1ccnc(N)n1. The van der Waals surface area contributed by atoms with Crippen LogP contribution in [0.2, 0.25) is 0 Å². The van der Waals surface area contributed by atoms with Gasteiger partial charge in [0.2, 0.25) is 5.95 Å². The number of likely N-dealkylation sites (N-methyl/N-ethyl adjacent to an activating group) is 1. The van der Waals surface area contributed by atoms with Crippen molar-refractivity contribution in [2.75, 3.05) is 30.3 Å². The zero-order valence-corrected chi connectivity index (χ0v) is 9.59. The minimum Gasteiger partial charge on any atom is -0.376 e. The molecule has 2 N–H and O–H groups in total. The topological polar surface area (TPSA) is 64.3 Å². The molecule has 0 bridgehead atoms. The van der Waals surface area contributed by atoms with Crippen molar-refractivity contribution >= 4 is 11.8 Å². The fourth-order valence-corrected chi connectivity index (χ4v) is 1.96. The van der Waals surface area contributed by atoms with Crippen LogP contribution >= 0.6 is 0 Å². The predicted octanol–water partition coefficient (Wildman–Crippen LogP) is 1.06. The molecule has 5 heteroatoms. The molecule has 0 radical (unpaired) electrons. The van der Waals surface area contributed by atoms with E-state index in [0.29, 0.717) is 12.1 Å². The van der Waals surface area contributed by atoms with Crippen molar-refractivity contribution in [1.29, 1.82) is 0 Å². The van der Waals surface area contributed by atoms with E-state index < -0.39 is 0 Å². The lowest BCUT2D eigenvalue weighted by molar-refractivity contribution is 0.115. The van der Waals surface area contributed by atoms with E-state index in [-0.39, 0.29) is 0 Å². The lowest BCUT2D eigenvalue weighted by Crippen LogP contribution is -2.32. The Morgan fingerprint density at radius 3 is 3.12 bits per heavy atom. The fraction of sp³-hybridized carbons (Fsp3) is 0.636. The molecular formula is C11H18N4O. The highest BCUT2D eigenvalue weighted by Gasteiger charge is 2.19. The van der Waals surface area contributed by atoms with E-state index in [0.717, 1.165) is 38.4 Å². The van der Waals surface area contributed by atoms with E-state index in [1.807, 2.05) is 6.07 Å². The van der Waals surface area contributed by atoms with Gasteiger partial charge in [0.05, 0.1) is 6.10 Å². The Kier molecular flexibility index (Phi) is 3.56. The molecular weight excluding hydrogens is 204 g/mol. The maximum absolute atomic E-state index is 5.62. The Labute approximate surface area is 95.6 Å². The van der Waals surface area contributed by atoms with Gasteiger partial charge in [-0.05, 0) is 25.8 Å². The summed E-state index contributed by atoms with van der Waals surface area (Å²) in [6.07, 6.45) is 4.32. The Morgan fingerprint density at radius 1 is 1.62 bits per heavy atom. The van der Waals surface area contributed by atoms with Gasteiger partial charge in [-0.3, -0.25) is 0 Å². The van der Waals surface area contributed by atoms with Crippen LogP contribution < -0.4 is 10.6 Å². The van der Waals surface area contributed by atoms with Gasteiger partial charge < -0.3 is 15.4 Å². The largest absolute Gasteiger partial charge is 0.376 e. The highest BCUT2D eigenvalue weighted by Crippen LogP contribution is 2.17. The predicted molar refractivity (Wildman–Crippen MR) is 63.3 cm³/mol. The maximum atomic E-state index is 5.62. The molecule has 0 saturated carbocycles. The van der Waals surface area contributed by atoms with Gasteiger partial charge in [-0.25, -0.2) is 4.98 Å². The second-order valence-electron chi connectivity index (χ2n) is 3.95. The molecule has 0 amide bonds. The van der Waals surface area contributed by atoms with E-state index in [9.17, 15) is 0 Å². The number of hydrogen-bond donors (Lipinski definition) is 1.